The van der Waals surface area contributed by atoms with Gasteiger partial charge in [0.25, 0.3) is 0 Å². The van der Waals surface area contributed by atoms with Crippen molar-refractivity contribution < 1.29 is 9.90 Å². The van der Waals surface area contributed by atoms with Crippen LogP contribution in [0.15, 0.2) is 0 Å². The Morgan fingerprint density at radius 2 is 1.68 bits per heavy atom. The molecule has 1 heterocycles. The molecule has 1 aliphatic rings. The van der Waals surface area contributed by atoms with Gasteiger partial charge in [0.2, 0.25) is 5.91 Å². The minimum atomic E-state index is -0.238. The van der Waals surface area contributed by atoms with Crippen LogP contribution in [0.1, 0.15) is 97.3 Å². The molecule has 0 saturated carbocycles. The predicted octanol–water partition coefficient (Wildman–Crippen LogP) is 4.67. The van der Waals surface area contributed by atoms with Crippen LogP contribution in [0.2, 0.25) is 0 Å². The lowest BCUT2D eigenvalue weighted by atomic mass is 10.00. The molecule has 3 nitrogen and oxygen atoms in total. The van der Waals surface area contributed by atoms with E-state index in [2.05, 4.69) is 13.8 Å². The van der Waals surface area contributed by atoms with Gasteiger partial charge in [0.1, 0.15) is 0 Å². The number of aliphatic hydroxyl groups is 1. The number of rotatable bonds is 13. The van der Waals surface area contributed by atoms with Crippen LogP contribution in [0.4, 0.5) is 0 Å². The molecule has 1 saturated heterocycles. The molecule has 22 heavy (non-hydrogen) atoms. The predicted molar refractivity (Wildman–Crippen MR) is 92.9 cm³/mol. The van der Waals surface area contributed by atoms with E-state index in [1.807, 2.05) is 4.90 Å². The third-order valence-corrected chi connectivity index (χ3v) is 4.96. The monoisotopic (exact) mass is 311 g/mol. The van der Waals surface area contributed by atoms with Gasteiger partial charge in [0.15, 0.2) is 0 Å². The van der Waals surface area contributed by atoms with E-state index in [0.29, 0.717) is 6.42 Å². The number of carbonyl (C=O) groups is 1. The van der Waals surface area contributed by atoms with E-state index >= 15 is 0 Å². The number of hydrogen-bond acceptors (Lipinski definition) is 2. The molecule has 0 aliphatic carbocycles. The van der Waals surface area contributed by atoms with Crippen molar-refractivity contribution in [3.63, 3.8) is 0 Å². The lowest BCUT2D eigenvalue weighted by molar-refractivity contribution is -0.130. The van der Waals surface area contributed by atoms with Gasteiger partial charge in [-0.1, -0.05) is 65.2 Å². The Morgan fingerprint density at radius 1 is 1.05 bits per heavy atom. The Balaban J connectivity index is 2.06. The summed E-state index contributed by atoms with van der Waals surface area (Å²) in [5, 5.41) is 10.2. The molecule has 130 valence electrons. The number of hydrogen-bond donors (Lipinski definition) is 1. The molecule has 3 heteroatoms. The van der Waals surface area contributed by atoms with E-state index in [0.717, 1.165) is 38.6 Å². The van der Waals surface area contributed by atoms with Crippen LogP contribution in [0, 0.1) is 0 Å². The van der Waals surface area contributed by atoms with Crippen LogP contribution < -0.4 is 0 Å². The molecule has 0 bridgehead atoms. The highest BCUT2D eigenvalue weighted by Crippen LogP contribution is 2.21. The van der Waals surface area contributed by atoms with Crippen LogP contribution in [0.3, 0.4) is 0 Å². The summed E-state index contributed by atoms with van der Waals surface area (Å²) in [4.78, 5) is 13.8. The van der Waals surface area contributed by atoms with E-state index in [4.69, 9.17) is 0 Å². The highest BCUT2D eigenvalue weighted by Gasteiger charge is 2.27. The molecule has 1 N–H and O–H groups in total. The number of carbonyl (C=O) groups excluding carboxylic acids is 1. The summed E-state index contributed by atoms with van der Waals surface area (Å²) in [5.74, 6) is 0.283. The van der Waals surface area contributed by atoms with Crippen molar-refractivity contribution in [2.45, 2.75) is 109 Å². The molecule has 1 fully saturated rings. The summed E-state index contributed by atoms with van der Waals surface area (Å²) in [6, 6.07) is 0.249. The molecule has 0 aromatic heterocycles. The topological polar surface area (TPSA) is 40.5 Å². The van der Waals surface area contributed by atoms with Crippen molar-refractivity contribution in [1.29, 1.82) is 0 Å². The second-order valence-corrected chi connectivity index (χ2v) is 6.91. The summed E-state index contributed by atoms with van der Waals surface area (Å²) >= 11 is 0. The number of unbranched alkanes of at least 4 members (excludes halogenated alkanes) is 7. The molecule has 1 aliphatic heterocycles. The van der Waals surface area contributed by atoms with Crippen molar-refractivity contribution in [3.8, 4) is 0 Å². The van der Waals surface area contributed by atoms with Gasteiger partial charge < -0.3 is 10.0 Å². The van der Waals surface area contributed by atoms with Crippen LogP contribution in [0.25, 0.3) is 0 Å². The standard InChI is InChI=1S/C19H37NO2/c1-3-5-6-7-8-9-10-11-13-18(21)16-17(4-2)20-15-12-14-19(20)22/h17-18,21H,3-16H2,1-2H3. The van der Waals surface area contributed by atoms with Gasteiger partial charge >= 0.3 is 0 Å². The summed E-state index contributed by atoms with van der Waals surface area (Å²) in [7, 11) is 0. The second kappa shape index (κ2) is 11.9. The Labute approximate surface area is 137 Å². The molecule has 0 spiro atoms. The first-order valence-corrected chi connectivity index (χ1v) is 9.66. The van der Waals surface area contributed by atoms with Gasteiger partial charge in [-0.3, -0.25) is 4.79 Å². The van der Waals surface area contributed by atoms with E-state index in [9.17, 15) is 9.90 Å². The first-order chi connectivity index (χ1) is 10.7. The molecule has 0 radical (unpaired) electrons. The lowest BCUT2D eigenvalue weighted by Gasteiger charge is -2.28. The van der Waals surface area contributed by atoms with Crippen molar-refractivity contribution in [2.75, 3.05) is 6.54 Å². The van der Waals surface area contributed by atoms with E-state index < -0.39 is 0 Å². The van der Waals surface area contributed by atoms with Crippen molar-refractivity contribution in [3.05, 3.63) is 0 Å². The maximum Gasteiger partial charge on any atom is 0.222 e. The number of amides is 1. The maximum absolute atomic E-state index is 11.8. The minimum absolute atomic E-state index is 0.238. The quantitative estimate of drug-likeness (QED) is 0.502. The highest BCUT2D eigenvalue weighted by molar-refractivity contribution is 5.78. The SMILES string of the molecule is CCCCCCCCCCC(O)CC(CC)N1CCCC1=O. The Kier molecular flexibility index (Phi) is 10.6. The van der Waals surface area contributed by atoms with Gasteiger partial charge in [-0.15, -0.1) is 0 Å². The average Bonchev–Trinajstić information content (AvgIpc) is 2.93. The number of likely N-dealkylation sites (tertiary alicyclic amines) is 1. The molecule has 0 aromatic carbocycles. The zero-order chi connectivity index (χ0) is 16.2. The fourth-order valence-corrected chi connectivity index (χ4v) is 3.52. The lowest BCUT2D eigenvalue weighted by Crippen LogP contribution is -2.38. The first-order valence-electron chi connectivity index (χ1n) is 9.66. The van der Waals surface area contributed by atoms with E-state index in [1.54, 1.807) is 0 Å². The fourth-order valence-electron chi connectivity index (χ4n) is 3.52. The second-order valence-electron chi connectivity index (χ2n) is 6.91. The number of nitrogens with zero attached hydrogens (tertiary/aromatic N) is 1. The summed E-state index contributed by atoms with van der Waals surface area (Å²) in [5.41, 5.74) is 0. The van der Waals surface area contributed by atoms with E-state index in [1.165, 1.54) is 44.9 Å². The van der Waals surface area contributed by atoms with Crippen LogP contribution in [-0.2, 0) is 4.79 Å². The third kappa shape index (κ3) is 7.62. The van der Waals surface area contributed by atoms with Crippen LogP contribution >= 0.6 is 0 Å². The van der Waals surface area contributed by atoms with Crippen LogP contribution in [0.5, 0.6) is 0 Å². The molecule has 0 aromatic rings. The first kappa shape index (κ1) is 19.5. The minimum Gasteiger partial charge on any atom is -0.393 e. The molecule has 2 atom stereocenters. The number of aliphatic hydroxyl groups excluding tert-OH is 1. The Hall–Kier alpha value is -0.570. The van der Waals surface area contributed by atoms with Crippen LogP contribution in [-0.4, -0.2) is 34.6 Å². The van der Waals surface area contributed by atoms with Gasteiger partial charge in [-0.05, 0) is 25.7 Å². The normalized spacial score (nSPS) is 18.0. The molecular weight excluding hydrogens is 274 g/mol. The van der Waals surface area contributed by atoms with Gasteiger partial charge in [0, 0.05) is 19.0 Å². The van der Waals surface area contributed by atoms with Crippen molar-refractivity contribution >= 4 is 5.91 Å². The fraction of sp³-hybridized carbons (Fsp3) is 0.947. The molecule has 1 rings (SSSR count). The average molecular weight is 312 g/mol. The third-order valence-electron chi connectivity index (χ3n) is 4.96. The molecule has 1 amide bonds. The highest BCUT2D eigenvalue weighted by atomic mass is 16.3. The molecule has 2 unspecified atom stereocenters. The van der Waals surface area contributed by atoms with Crippen molar-refractivity contribution in [2.24, 2.45) is 0 Å². The summed E-state index contributed by atoms with van der Waals surface area (Å²) < 4.78 is 0. The van der Waals surface area contributed by atoms with Gasteiger partial charge in [-0.25, -0.2) is 0 Å². The largest absolute Gasteiger partial charge is 0.393 e. The van der Waals surface area contributed by atoms with Crippen molar-refractivity contribution in [1.82, 2.24) is 4.90 Å². The Bertz CT molecular complexity index is 293. The Morgan fingerprint density at radius 3 is 2.23 bits per heavy atom. The zero-order valence-electron chi connectivity index (χ0n) is 14.9. The molecular formula is C19H37NO2. The van der Waals surface area contributed by atoms with E-state index in [-0.39, 0.29) is 18.1 Å². The smallest absolute Gasteiger partial charge is 0.222 e. The summed E-state index contributed by atoms with van der Waals surface area (Å²) in [6.45, 7) is 5.27. The van der Waals surface area contributed by atoms with Gasteiger partial charge in [0.05, 0.1) is 6.10 Å². The summed E-state index contributed by atoms with van der Waals surface area (Å²) in [6.07, 6.45) is 14.5. The van der Waals surface area contributed by atoms with Gasteiger partial charge in [-0.2, -0.15) is 0 Å². The zero-order valence-corrected chi connectivity index (χ0v) is 14.9. The maximum atomic E-state index is 11.8.